The van der Waals surface area contributed by atoms with E-state index in [0.29, 0.717) is 5.41 Å². The quantitative estimate of drug-likeness (QED) is 0.737. The van der Waals surface area contributed by atoms with E-state index in [2.05, 4.69) is 25.1 Å². The lowest BCUT2D eigenvalue weighted by atomic mass is 9.22. The second-order valence-corrected chi connectivity index (χ2v) is 7.58. The summed E-state index contributed by atoms with van der Waals surface area (Å²) in [6, 6.07) is 6.87. The standard InChI is InChI=1S/C18H22O/c1-11-14-8-12-4-5-13(19-2)9-15(12)18-7-3-6-17(11,10-18)16(14)18/h4-5,9,11,14,16H,3,6-8,10H2,1-2H3/t11?,14-,16-,17?,18-/m1/s1. The highest BCUT2D eigenvalue weighted by atomic mass is 16.5. The van der Waals surface area contributed by atoms with Gasteiger partial charge in [0, 0.05) is 0 Å². The van der Waals surface area contributed by atoms with E-state index in [1.165, 1.54) is 32.1 Å². The van der Waals surface area contributed by atoms with E-state index in [1.807, 2.05) is 0 Å². The normalized spacial score (nSPS) is 48.4. The predicted octanol–water partition coefficient (Wildman–Crippen LogP) is 3.95. The Bertz CT molecular complexity index is 577. The Morgan fingerprint density at radius 3 is 3.00 bits per heavy atom. The lowest BCUT2D eigenvalue weighted by Crippen LogP contribution is -2.77. The van der Waals surface area contributed by atoms with Crippen molar-refractivity contribution in [2.75, 3.05) is 7.11 Å². The summed E-state index contributed by atoms with van der Waals surface area (Å²) in [4.78, 5) is 0. The lowest BCUT2D eigenvalue weighted by Gasteiger charge is -2.82. The molecule has 19 heavy (non-hydrogen) atoms. The molecular formula is C18H22O. The van der Waals surface area contributed by atoms with E-state index >= 15 is 0 Å². The summed E-state index contributed by atoms with van der Waals surface area (Å²) in [5, 5.41) is 0. The van der Waals surface area contributed by atoms with Gasteiger partial charge in [-0.15, -0.1) is 0 Å². The van der Waals surface area contributed by atoms with Gasteiger partial charge in [0.25, 0.3) is 0 Å². The van der Waals surface area contributed by atoms with Crippen LogP contribution in [-0.4, -0.2) is 7.11 Å². The minimum absolute atomic E-state index is 0.553. The first-order chi connectivity index (χ1) is 9.21. The average molecular weight is 254 g/mol. The predicted molar refractivity (Wildman–Crippen MR) is 75.4 cm³/mol. The van der Waals surface area contributed by atoms with Crippen molar-refractivity contribution in [1.82, 2.24) is 0 Å². The van der Waals surface area contributed by atoms with Gasteiger partial charge in [-0.3, -0.25) is 0 Å². The molecule has 1 nitrogen and oxygen atoms in total. The van der Waals surface area contributed by atoms with E-state index in [4.69, 9.17) is 4.74 Å². The molecule has 3 saturated carbocycles. The number of benzene rings is 1. The maximum atomic E-state index is 5.48. The van der Waals surface area contributed by atoms with E-state index in [1.54, 1.807) is 18.2 Å². The van der Waals surface area contributed by atoms with Crippen LogP contribution in [-0.2, 0) is 11.8 Å². The Morgan fingerprint density at radius 2 is 2.16 bits per heavy atom. The van der Waals surface area contributed by atoms with Crippen LogP contribution in [0, 0.1) is 23.2 Å². The van der Waals surface area contributed by atoms with Gasteiger partial charge in [-0.05, 0) is 77.5 Å². The van der Waals surface area contributed by atoms with Crippen molar-refractivity contribution in [2.45, 2.75) is 44.4 Å². The van der Waals surface area contributed by atoms with Gasteiger partial charge in [0.1, 0.15) is 5.75 Å². The Balaban J connectivity index is 1.70. The lowest BCUT2D eigenvalue weighted by molar-refractivity contribution is -0.287. The van der Waals surface area contributed by atoms with Crippen molar-refractivity contribution >= 4 is 0 Å². The molecule has 4 aliphatic carbocycles. The number of hydrogen-bond donors (Lipinski definition) is 0. The highest BCUT2D eigenvalue weighted by Gasteiger charge is 2.78. The smallest absolute Gasteiger partial charge is 0.119 e. The molecule has 3 fully saturated rings. The van der Waals surface area contributed by atoms with Gasteiger partial charge >= 0.3 is 0 Å². The first kappa shape index (κ1) is 10.8. The molecule has 2 spiro atoms. The first-order valence-corrected chi connectivity index (χ1v) is 7.89. The third-order valence-corrected chi connectivity index (χ3v) is 7.41. The van der Waals surface area contributed by atoms with Crippen LogP contribution >= 0.6 is 0 Å². The minimum Gasteiger partial charge on any atom is -0.497 e. The number of ether oxygens (including phenoxy) is 1. The molecule has 2 unspecified atom stereocenters. The fourth-order valence-electron chi connectivity index (χ4n) is 6.82. The van der Waals surface area contributed by atoms with Crippen molar-refractivity contribution in [3.8, 4) is 5.75 Å². The highest BCUT2D eigenvalue weighted by molar-refractivity contribution is 5.50. The zero-order valence-corrected chi connectivity index (χ0v) is 11.9. The van der Waals surface area contributed by atoms with Crippen molar-refractivity contribution in [2.24, 2.45) is 23.2 Å². The van der Waals surface area contributed by atoms with Crippen LogP contribution in [0.1, 0.15) is 43.7 Å². The Morgan fingerprint density at radius 1 is 1.26 bits per heavy atom. The Kier molecular flexibility index (Phi) is 1.71. The Labute approximate surface area is 115 Å². The maximum Gasteiger partial charge on any atom is 0.119 e. The molecule has 2 bridgehead atoms. The summed E-state index contributed by atoms with van der Waals surface area (Å²) < 4.78 is 5.48. The number of fused-ring (bicyclic) bond motifs is 1. The molecule has 1 heteroatoms. The molecule has 0 N–H and O–H groups in total. The zero-order chi connectivity index (χ0) is 12.8. The van der Waals surface area contributed by atoms with Crippen molar-refractivity contribution in [1.29, 1.82) is 0 Å². The van der Waals surface area contributed by atoms with E-state index in [0.717, 1.165) is 28.9 Å². The molecule has 0 aliphatic heterocycles. The van der Waals surface area contributed by atoms with Gasteiger partial charge in [-0.2, -0.15) is 0 Å². The third kappa shape index (κ3) is 0.937. The molecule has 0 aromatic heterocycles. The molecule has 4 aliphatic rings. The second kappa shape index (κ2) is 3.02. The molecule has 1 aromatic rings. The fraction of sp³-hybridized carbons (Fsp3) is 0.667. The molecule has 1 aromatic carbocycles. The fourth-order valence-corrected chi connectivity index (χ4v) is 6.82. The monoisotopic (exact) mass is 254 g/mol. The average Bonchev–Trinajstić information content (AvgIpc) is 2.45. The summed E-state index contributed by atoms with van der Waals surface area (Å²) in [6.07, 6.45) is 7.20. The molecular weight excluding hydrogens is 232 g/mol. The minimum atomic E-state index is 0.553. The highest BCUT2D eigenvalue weighted by Crippen LogP contribution is 2.83. The molecule has 5 rings (SSSR count). The van der Waals surface area contributed by atoms with Gasteiger partial charge in [0.15, 0.2) is 0 Å². The summed E-state index contributed by atoms with van der Waals surface area (Å²) in [5.74, 6) is 4.03. The molecule has 5 atom stereocenters. The van der Waals surface area contributed by atoms with Crippen LogP contribution in [0.25, 0.3) is 0 Å². The third-order valence-electron chi connectivity index (χ3n) is 7.41. The molecule has 0 radical (unpaired) electrons. The molecule has 0 saturated heterocycles. The van der Waals surface area contributed by atoms with Crippen molar-refractivity contribution in [3.05, 3.63) is 29.3 Å². The first-order valence-electron chi connectivity index (χ1n) is 7.89. The maximum absolute atomic E-state index is 5.48. The van der Waals surface area contributed by atoms with Gasteiger partial charge in [-0.1, -0.05) is 19.4 Å². The molecule has 100 valence electrons. The summed E-state index contributed by atoms with van der Waals surface area (Å²) >= 11 is 0. The topological polar surface area (TPSA) is 9.23 Å². The SMILES string of the molecule is COc1ccc2c(c1)[C@@]13CCCC4(C1)C(C)[C@@H](C2)[C@H]43. The van der Waals surface area contributed by atoms with Crippen LogP contribution in [0.15, 0.2) is 18.2 Å². The summed E-state index contributed by atoms with van der Waals surface area (Å²) in [5.41, 5.74) is 4.60. The van der Waals surface area contributed by atoms with Crippen LogP contribution in [0.4, 0.5) is 0 Å². The second-order valence-electron chi connectivity index (χ2n) is 7.58. The largest absolute Gasteiger partial charge is 0.497 e. The number of rotatable bonds is 1. The van der Waals surface area contributed by atoms with Gasteiger partial charge in [0.05, 0.1) is 7.11 Å². The van der Waals surface area contributed by atoms with Gasteiger partial charge in [-0.25, -0.2) is 0 Å². The van der Waals surface area contributed by atoms with E-state index in [9.17, 15) is 0 Å². The van der Waals surface area contributed by atoms with Crippen LogP contribution < -0.4 is 4.74 Å². The van der Waals surface area contributed by atoms with E-state index in [-0.39, 0.29) is 0 Å². The summed E-state index contributed by atoms with van der Waals surface area (Å²) in [6.45, 7) is 2.53. The molecule has 0 amide bonds. The molecule has 0 heterocycles. The van der Waals surface area contributed by atoms with Crippen LogP contribution in [0.2, 0.25) is 0 Å². The summed E-state index contributed by atoms with van der Waals surface area (Å²) in [7, 11) is 1.79. The van der Waals surface area contributed by atoms with Crippen LogP contribution in [0.5, 0.6) is 5.75 Å². The number of hydrogen-bond acceptors (Lipinski definition) is 1. The van der Waals surface area contributed by atoms with Crippen molar-refractivity contribution < 1.29 is 4.74 Å². The zero-order valence-electron chi connectivity index (χ0n) is 11.9. The number of methoxy groups -OCH3 is 1. The van der Waals surface area contributed by atoms with Crippen LogP contribution in [0.3, 0.4) is 0 Å². The van der Waals surface area contributed by atoms with Gasteiger partial charge in [0.2, 0.25) is 0 Å². The Hall–Kier alpha value is -0.980. The van der Waals surface area contributed by atoms with Crippen molar-refractivity contribution in [3.63, 3.8) is 0 Å². The van der Waals surface area contributed by atoms with Gasteiger partial charge < -0.3 is 4.74 Å². The van der Waals surface area contributed by atoms with E-state index < -0.39 is 0 Å².